The number of benzene rings is 4. The molecule has 6 heteroatoms. The van der Waals surface area contributed by atoms with E-state index < -0.39 is 0 Å². The minimum absolute atomic E-state index is 0.746. The van der Waals surface area contributed by atoms with Crippen molar-refractivity contribution in [2.24, 2.45) is 0 Å². The maximum absolute atomic E-state index is 5.52. The smallest absolute Gasteiger partial charge is 0.160 e. The van der Waals surface area contributed by atoms with E-state index in [-0.39, 0.29) is 0 Å². The Hall–Kier alpha value is -4.32. The molecule has 0 atom stereocenters. The lowest BCUT2D eigenvalue weighted by Crippen LogP contribution is -2.01. The van der Waals surface area contributed by atoms with Crippen LogP contribution in [0.2, 0.25) is 0 Å². The third-order valence-corrected chi connectivity index (χ3v) is 7.56. The van der Waals surface area contributed by atoms with E-state index in [4.69, 9.17) is 28.4 Å². The number of aryl methyl sites for hydroxylation is 6. The average Bonchev–Trinajstić information content (AvgIpc) is 3.04. The predicted octanol–water partition coefficient (Wildman–Crippen LogP) is 7.09. The Balaban J connectivity index is 1.54. The molecule has 0 radical (unpaired) electrons. The molecule has 0 aliphatic carbocycles. The summed E-state index contributed by atoms with van der Waals surface area (Å²) in [5, 5.41) is 0. The molecule has 0 fully saturated rings. The second-order valence-electron chi connectivity index (χ2n) is 10.2. The van der Waals surface area contributed by atoms with Gasteiger partial charge in [-0.15, -0.1) is 0 Å². The molecule has 0 saturated heterocycles. The van der Waals surface area contributed by atoms with Crippen molar-refractivity contribution in [1.29, 1.82) is 0 Å². The molecule has 4 rings (SSSR count). The van der Waals surface area contributed by atoms with Crippen molar-refractivity contribution >= 4 is 0 Å². The highest BCUT2D eigenvalue weighted by molar-refractivity contribution is 5.45. The molecule has 0 heterocycles. The summed E-state index contributed by atoms with van der Waals surface area (Å²) in [5.41, 5.74) is 7.64. The van der Waals surface area contributed by atoms with Gasteiger partial charge in [-0.05, 0) is 108 Å². The molecule has 6 nitrogen and oxygen atoms in total. The van der Waals surface area contributed by atoms with Gasteiger partial charge in [-0.3, -0.25) is 0 Å². The lowest BCUT2D eigenvalue weighted by Gasteiger charge is -2.13. The first-order valence-corrected chi connectivity index (χ1v) is 14.2. The topological polar surface area (TPSA) is 55.4 Å². The summed E-state index contributed by atoms with van der Waals surface area (Å²) in [7, 11) is 10.0. The summed E-state index contributed by atoms with van der Waals surface area (Å²) in [4.78, 5) is 0. The van der Waals surface area contributed by atoms with Crippen molar-refractivity contribution < 1.29 is 28.4 Å². The first-order chi connectivity index (χ1) is 20.5. The van der Waals surface area contributed by atoms with E-state index in [1.54, 1.807) is 42.7 Å². The van der Waals surface area contributed by atoms with Gasteiger partial charge in [-0.1, -0.05) is 36.4 Å². The van der Waals surface area contributed by atoms with E-state index in [1.807, 2.05) is 18.2 Å². The first-order valence-electron chi connectivity index (χ1n) is 14.2. The minimum Gasteiger partial charge on any atom is -0.493 e. The lowest BCUT2D eigenvalue weighted by atomic mass is 9.94. The van der Waals surface area contributed by atoms with Crippen molar-refractivity contribution in [3.05, 3.63) is 106 Å². The quantitative estimate of drug-likeness (QED) is 0.152. The summed E-state index contributed by atoms with van der Waals surface area (Å²) in [5.74, 6) is 4.51. The van der Waals surface area contributed by atoms with Crippen molar-refractivity contribution in [3.8, 4) is 34.5 Å². The van der Waals surface area contributed by atoms with Crippen LogP contribution in [0.1, 0.15) is 33.4 Å². The Labute approximate surface area is 250 Å². The zero-order valence-corrected chi connectivity index (χ0v) is 25.6. The van der Waals surface area contributed by atoms with Gasteiger partial charge in [-0.25, -0.2) is 0 Å². The fourth-order valence-corrected chi connectivity index (χ4v) is 5.25. The van der Waals surface area contributed by atoms with Crippen molar-refractivity contribution in [1.82, 2.24) is 0 Å². The fraction of sp³-hybridized carbons (Fsp3) is 0.333. The van der Waals surface area contributed by atoms with Gasteiger partial charge in [0.1, 0.15) is 0 Å². The Morgan fingerprint density at radius 3 is 0.762 bits per heavy atom. The summed E-state index contributed by atoms with van der Waals surface area (Å²) < 4.78 is 32.8. The minimum atomic E-state index is 0.746. The molecular weight excluding hydrogens is 528 g/mol. The van der Waals surface area contributed by atoms with Crippen LogP contribution in [0.5, 0.6) is 34.5 Å². The van der Waals surface area contributed by atoms with Gasteiger partial charge in [0.15, 0.2) is 34.5 Å². The van der Waals surface area contributed by atoms with Gasteiger partial charge in [0.25, 0.3) is 0 Å². The molecule has 0 aliphatic rings. The van der Waals surface area contributed by atoms with Crippen LogP contribution in [0.15, 0.2) is 72.8 Å². The lowest BCUT2D eigenvalue weighted by molar-refractivity contribution is 0.354. The highest BCUT2D eigenvalue weighted by Crippen LogP contribution is 2.31. The third-order valence-electron chi connectivity index (χ3n) is 7.56. The SMILES string of the molecule is COc1ccc(CCc2cc(CCc3ccc(OC)c(OC)c3)cc(CCc3ccc(OC)c(OC)c3)c2)cc1OC. The first kappa shape index (κ1) is 30.6. The molecule has 42 heavy (non-hydrogen) atoms. The molecule has 0 unspecified atom stereocenters. The number of hydrogen-bond acceptors (Lipinski definition) is 6. The van der Waals surface area contributed by atoms with Gasteiger partial charge < -0.3 is 28.4 Å². The third kappa shape index (κ3) is 7.90. The van der Waals surface area contributed by atoms with Crippen LogP contribution in [0.3, 0.4) is 0 Å². The van der Waals surface area contributed by atoms with Gasteiger partial charge >= 0.3 is 0 Å². The van der Waals surface area contributed by atoms with E-state index >= 15 is 0 Å². The number of hydrogen-bond donors (Lipinski definition) is 0. The molecule has 0 N–H and O–H groups in total. The van der Waals surface area contributed by atoms with Crippen molar-refractivity contribution in [3.63, 3.8) is 0 Å². The molecule has 0 saturated carbocycles. The van der Waals surface area contributed by atoms with Crippen LogP contribution in [0, 0.1) is 0 Å². The van der Waals surface area contributed by atoms with E-state index in [9.17, 15) is 0 Å². The number of methoxy groups -OCH3 is 6. The van der Waals surface area contributed by atoms with Crippen LogP contribution in [0.4, 0.5) is 0 Å². The Morgan fingerprint density at radius 1 is 0.286 bits per heavy atom. The van der Waals surface area contributed by atoms with Crippen LogP contribution < -0.4 is 28.4 Å². The number of ether oxygens (including phenoxy) is 6. The molecule has 0 aromatic heterocycles. The normalized spacial score (nSPS) is 10.7. The highest BCUT2D eigenvalue weighted by Gasteiger charge is 2.10. The maximum atomic E-state index is 5.52. The van der Waals surface area contributed by atoms with Crippen LogP contribution in [-0.2, 0) is 38.5 Å². The molecule has 0 amide bonds. The van der Waals surface area contributed by atoms with Crippen molar-refractivity contribution in [2.75, 3.05) is 42.7 Å². The molecule has 0 spiro atoms. The summed E-state index contributed by atoms with van der Waals surface area (Å²) in [6, 6.07) is 25.5. The Morgan fingerprint density at radius 2 is 0.524 bits per heavy atom. The summed E-state index contributed by atoms with van der Waals surface area (Å²) in [6.45, 7) is 0. The summed E-state index contributed by atoms with van der Waals surface area (Å²) >= 11 is 0. The van der Waals surface area contributed by atoms with Gasteiger partial charge in [-0.2, -0.15) is 0 Å². The standard InChI is InChI=1S/C36H42O6/c1-37-31-16-13-25(22-34(31)40-4)7-10-28-19-29(11-8-26-14-17-32(38-2)35(23-26)41-5)21-30(20-28)12-9-27-15-18-33(39-3)36(24-27)42-6/h13-24H,7-12H2,1-6H3. The molecule has 0 bridgehead atoms. The molecule has 4 aromatic carbocycles. The monoisotopic (exact) mass is 570 g/mol. The second kappa shape index (κ2) is 15.1. The van der Waals surface area contributed by atoms with Gasteiger partial charge in [0.2, 0.25) is 0 Å². The van der Waals surface area contributed by atoms with E-state index in [0.29, 0.717) is 0 Å². The van der Waals surface area contributed by atoms with E-state index in [1.165, 1.54) is 33.4 Å². The summed E-state index contributed by atoms with van der Waals surface area (Å²) in [6.07, 6.45) is 5.53. The van der Waals surface area contributed by atoms with E-state index in [2.05, 4.69) is 54.6 Å². The molecule has 4 aromatic rings. The molecule has 222 valence electrons. The van der Waals surface area contributed by atoms with Crippen LogP contribution >= 0.6 is 0 Å². The molecular formula is C36H42O6. The fourth-order valence-electron chi connectivity index (χ4n) is 5.25. The highest BCUT2D eigenvalue weighted by atomic mass is 16.5. The van der Waals surface area contributed by atoms with Gasteiger partial charge in [0.05, 0.1) is 42.7 Å². The van der Waals surface area contributed by atoms with Crippen LogP contribution in [-0.4, -0.2) is 42.7 Å². The Bertz CT molecular complexity index is 1270. The zero-order valence-electron chi connectivity index (χ0n) is 25.6. The van der Waals surface area contributed by atoms with E-state index in [0.717, 1.165) is 73.0 Å². The Kier molecular flexibility index (Phi) is 11.0. The number of rotatable bonds is 15. The average molecular weight is 571 g/mol. The molecule has 0 aliphatic heterocycles. The maximum Gasteiger partial charge on any atom is 0.160 e. The largest absolute Gasteiger partial charge is 0.493 e. The predicted molar refractivity (Wildman–Crippen MR) is 167 cm³/mol. The van der Waals surface area contributed by atoms with Crippen LogP contribution in [0.25, 0.3) is 0 Å². The van der Waals surface area contributed by atoms with Crippen molar-refractivity contribution in [2.45, 2.75) is 38.5 Å². The zero-order chi connectivity index (χ0) is 29.9. The second-order valence-corrected chi connectivity index (χ2v) is 10.2. The van der Waals surface area contributed by atoms with Gasteiger partial charge in [0, 0.05) is 0 Å².